The number of pyridine rings is 1. The minimum atomic E-state index is -3.49. The van der Waals surface area contributed by atoms with Gasteiger partial charge in [0.05, 0.1) is 17.6 Å². The maximum Gasteiger partial charge on any atom is 0.325 e. The first kappa shape index (κ1) is 24.1. The number of Topliss-reactive ketones (excluding diaryl/α,β-unsaturated/α-hetero) is 1. The third-order valence-electron chi connectivity index (χ3n) is 4.59. The van der Waals surface area contributed by atoms with Crippen LogP contribution >= 0.6 is 22.2 Å². The fourth-order valence-electron chi connectivity index (χ4n) is 3.09. The summed E-state index contributed by atoms with van der Waals surface area (Å²) in [7, 11) is -4.09. The fourth-order valence-corrected chi connectivity index (χ4v) is 6.93. The van der Waals surface area contributed by atoms with E-state index in [0.29, 0.717) is 29.1 Å². The van der Waals surface area contributed by atoms with Gasteiger partial charge in [0.2, 0.25) is 0 Å². The first-order chi connectivity index (χ1) is 15.3. The highest BCUT2D eigenvalue weighted by molar-refractivity contribution is 8.21. The predicted octanol–water partition coefficient (Wildman–Crippen LogP) is 4.89. The van der Waals surface area contributed by atoms with Gasteiger partial charge in [-0.05, 0) is 23.3 Å². The molecule has 0 unspecified atom stereocenters. The standard InChI is InChI=1S/C21H26N4O4S3/c1-3-4-5-8-18(26)15-9-10-22-13-16(15)23-20(27)25-21-24-17(14-31-11-6-7-12-31)19(30-21)32(2,28)29/h6-7,9-13,31H,3-5,8,14H2,1-2H3,(H2,23,24,25,27). The van der Waals surface area contributed by atoms with E-state index in [1.807, 2.05) is 23.0 Å². The minimum Gasteiger partial charge on any atom is -0.305 e. The summed E-state index contributed by atoms with van der Waals surface area (Å²) in [6, 6.07) is 0.963. The molecule has 0 atom stereocenters. The lowest BCUT2D eigenvalue weighted by Crippen LogP contribution is -2.21. The van der Waals surface area contributed by atoms with Crippen molar-refractivity contribution in [2.24, 2.45) is 0 Å². The number of hydrogen-bond acceptors (Lipinski definition) is 7. The van der Waals surface area contributed by atoms with Crippen LogP contribution in [0.5, 0.6) is 0 Å². The molecule has 0 saturated carbocycles. The molecule has 32 heavy (non-hydrogen) atoms. The number of sulfone groups is 1. The summed E-state index contributed by atoms with van der Waals surface area (Å²) >= 11 is 0.921. The predicted molar refractivity (Wildman–Crippen MR) is 132 cm³/mol. The van der Waals surface area contributed by atoms with Crippen LogP contribution in [0, 0.1) is 0 Å². The summed E-state index contributed by atoms with van der Waals surface area (Å²) in [5, 5.41) is 9.47. The van der Waals surface area contributed by atoms with Crippen LogP contribution in [0.15, 0.2) is 45.6 Å². The Morgan fingerprint density at radius 3 is 2.59 bits per heavy atom. The van der Waals surface area contributed by atoms with Crippen LogP contribution in [-0.4, -0.2) is 36.5 Å². The highest BCUT2D eigenvalue weighted by atomic mass is 32.2. The molecule has 8 nitrogen and oxygen atoms in total. The molecular weight excluding hydrogens is 468 g/mol. The maximum atomic E-state index is 12.6. The van der Waals surface area contributed by atoms with E-state index >= 15 is 0 Å². The number of unbranched alkanes of at least 4 members (excludes halogenated alkanes) is 2. The van der Waals surface area contributed by atoms with Gasteiger partial charge in [0.25, 0.3) is 0 Å². The summed E-state index contributed by atoms with van der Waals surface area (Å²) in [6.45, 7) is 2.07. The van der Waals surface area contributed by atoms with Crippen molar-refractivity contribution in [2.75, 3.05) is 16.9 Å². The second-order valence-corrected chi connectivity index (χ2v) is 12.4. The van der Waals surface area contributed by atoms with E-state index in [2.05, 4.69) is 27.5 Å². The Morgan fingerprint density at radius 2 is 1.91 bits per heavy atom. The molecule has 0 spiro atoms. The van der Waals surface area contributed by atoms with Gasteiger partial charge >= 0.3 is 6.03 Å². The van der Waals surface area contributed by atoms with Gasteiger partial charge in [-0.15, -0.1) is 0 Å². The average molecular weight is 495 g/mol. The Labute approximate surface area is 194 Å². The second kappa shape index (κ2) is 10.9. The van der Waals surface area contributed by atoms with Gasteiger partial charge in [-0.2, -0.15) is 0 Å². The van der Waals surface area contributed by atoms with Gasteiger partial charge in [0, 0.05) is 30.2 Å². The molecule has 0 bridgehead atoms. The Morgan fingerprint density at radius 1 is 1.16 bits per heavy atom. The number of allylic oxidation sites excluding steroid dienone is 2. The quantitative estimate of drug-likeness (QED) is 0.246. The van der Waals surface area contributed by atoms with Crippen LogP contribution in [0.4, 0.5) is 15.6 Å². The van der Waals surface area contributed by atoms with Gasteiger partial charge in [0.15, 0.2) is 20.8 Å². The van der Waals surface area contributed by atoms with Crippen molar-refractivity contribution >= 4 is 54.7 Å². The zero-order valence-corrected chi connectivity index (χ0v) is 20.4. The number of urea groups is 1. The van der Waals surface area contributed by atoms with Crippen molar-refractivity contribution in [1.82, 2.24) is 9.97 Å². The molecule has 0 fully saturated rings. The van der Waals surface area contributed by atoms with E-state index in [-0.39, 0.29) is 15.1 Å². The molecule has 0 saturated heterocycles. The lowest BCUT2D eigenvalue weighted by atomic mass is 10.0. The van der Waals surface area contributed by atoms with Crippen LogP contribution in [0.25, 0.3) is 0 Å². The van der Waals surface area contributed by atoms with E-state index in [0.717, 1.165) is 36.9 Å². The number of thiazole rings is 1. The largest absolute Gasteiger partial charge is 0.325 e. The third-order valence-corrected chi connectivity index (χ3v) is 9.24. The van der Waals surface area contributed by atoms with Gasteiger partial charge in [0.1, 0.15) is 4.21 Å². The number of ketones is 1. The SMILES string of the molecule is CCCCCC(=O)c1ccncc1NC(=O)Nc1nc(C[SH]2C=CC=C2)c(S(C)(=O)=O)s1. The van der Waals surface area contributed by atoms with Crippen molar-refractivity contribution in [1.29, 1.82) is 0 Å². The summed E-state index contributed by atoms with van der Waals surface area (Å²) in [5.41, 5.74) is 1.14. The first-order valence-corrected chi connectivity index (χ1v) is 14.5. The molecule has 11 heteroatoms. The molecule has 0 aromatic carbocycles. The van der Waals surface area contributed by atoms with E-state index in [1.165, 1.54) is 12.4 Å². The number of nitrogens with zero attached hydrogens (tertiary/aromatic N) is 2. The van der Waals surface area contributed by atoms with Crippen LogP contribution in [0.1, 0.15) is 48.7 Å². The van der Waals surface area contributed by atoms with E-state index in [4.69, 9.17) is 0 Å². The zero-order valence-electron chi connectivity index (χ0n) is 17.9. The Bertz CT molecular complexity index is 1140. The topological polar surface area (TPSA) is 118 Å². The molecule has 1 aliphatic heterocycles. The number of hydrogen-bond donors (Lipinski definition) is 3. The average Bonchev–Trinajstić information content (AvgIpc) is 3.38. The van der Waals surface area contributed by atoms with Gasteiger partial charge in [-0.25, -0.2) is 29.1 Å². The molecule has 2 amide bonds. The van der Waals surface area contributed by atoms with Crippen molar-refractivity contribution < 1.29 is 18.0 Å². The van der Waals surface area contributed by atoms with Gasteiger partial charge < -0.3 is 5.32 Å². The Kier molecular flexibility index (Phi) is 8.21. The van der Waals surface area contributed by atoms with Crippen molar-refractivity contribution in [3.8, 4) is 0 Å². The molecule has 172 valence electrons. The van der Waals surface area contributed by atoms with Crippen LogP contribution in [0.3, 0.4) is 0 Å². The van der Waals surface area contributed by atoms with E-state index in [9.17, 15) is 18.0 Å². The van der Waals surface area contributed by atoms with Crippen LogP contribution in [0.2, 0.25) is 0 Å². The van der Waals surface area contributed by atoms with Gasteiger partial charge in [-0.3, -0.25) is 15.1 Å². The number of carbonyl (C=O) groups is 2. The monoisotopic (exact) mass is 494 g/mol. The highest BCUT2D eigenvalue weighted by Crippen LogP contribution is 2.40. The fraction of sp³-hybridized carbons (Fsp3) is 0.333. The van der Waals surface area contributed by atoms with E-state index in [1.54, 1.807) is 6.07 Å². The minimum absolute atomic E-state index is 0.0629. The number of nitrogens with one attached hydrogen (secondary N) is 2. The summed E-state index contributed by atoms with van der Waals surface area (Å²) < 4.78 is 24.6. The zero-order chi connectivity index (χ0) is 23.1. The van der Waals surface area contributed by atoms with Crippen molar-refractivity contribution in [3.63, 3.8) is 0 Å². The van der Waals surface area contributed by atoms with Crippen LogP contribution in [-0.2, 0) is 15.6 Å². The summed E-state index contributed by atoms with van der Waals surface area (Å²) in [4.78, 5) is 33.4. The maximum absolute atomic E-state index is 12.6. The number of anilines is 2. The van der Waals surface area contributed by atoms with Crippen LogP contribution < -0.4 is 10.6 Å². The third kappa shape index (κ3) is 6.50. The van der Waals surface area contributed by atoms with E-state index < -0.39 is 26.8 Å². The summed E-state index contributed by atoms with van der Waals surface area (Å²) in [6.07, 6.45) is 11.1. The number of rotatable bonds is 10. The molecule has 3 rings (SSSR count). The molecule has 2 aromatic heterocycles. The number of amides is 2. The molecule has 0 radical (unpaired) electrons. The van der Waals surface area contributed by atoms with Crippen molar-refractivity contribution in [2.45, 2.75) is 42.6 Å². The lowest BCUT2D eigenvalue weighted by molar-refractivity contribution is 0.0980. The normalized spacial score (nSPS) is 14.0. The highest BCUT2D eigenvalue weighted by Gasteiger charge is 2.22. The lowest BCUT2D eigenvalue weighted by Gasteiger charge is -2.10. The number of carbonyl (C=O) groups excluding carboxylic acids is 2. The second-order valence-electron chi connectivity index (χ2n) is 7.26. The first-order valence-electron chi connectivity index (χ1n) is 10.1. The Balaban J connectivity index is 1.73. The number of aromatic nitrogens is 2. The molecule has 0 aliphatic carbocycles. The summed E-state index contributed by atoms with van der Waals surface area (Å²) in [5.74, 6) is 0.427. The number of thiol groups is 1. The Hall–Kier alpha value is -2.50. The molecule has 2 N–H and O–H groups in total. The molecule has 2 aromatic rings. The smallest absolute Gasteiger partial charge is 0.305 e. The van der Waals surface area contributed by atoms with Crippen molar-refractivity contribution in [3.05, 3.63) is 52.7 Å². The van der Waals surface area contributed by atoms with Gasteiger partial charge in [-0.1, -0.05) is 43.3 Å². The molecular formula is C21H26N4O4S3. The molecule has 1 aliphatic rings. The molecule has 3 heterocycles.